The minimum atomic E-state index is -1.09. The van der Waals surface area contributed by atoms with Crippen molar-refractivity contribution in [2.75, 3.05) is 19.5 Å². The molecule has 0 aliphatic heterocycles. The summed E-state index contributed by atoms with van der Waals surface area (Å²) in [6.07, 6.45) is 0.771. The van der Waals surface area contributed by atoms with Crippen molar-refractivity contribution in [3.63, 3.8) is 0 Å². The van der Waals surface area contributed by atoms with Crippen molar-refractivity contribution in [1.29, 1.82) is 0 Å². The first-order valence-electron chi connectivity index (χ1n) is 6.11. The topological polar surface area (TPSA) is 44.5 Å². The molecule has 0 unspecified atom stereocenters. The van der Waals surface area contributed by atoms with E-state index in [0.717, 1.165) is 18.1 Å². The van der Waals surface area contributed by atoms with Crippen LogP contribution in [0.4, 0.5) is 14.5 Å². The van der Waals surface area contributed by atoms with Gasteiger partial charge >= 0.3 is 0 Å². The van der Waals surface area contributed by atoms with E-state index >= 15 is 0 Å². The van der Waals surface area contributed by atoms with Gasteiger partial charge < -0.3 is 15.2 Å². The van der Waals surface area contributed by atoms with E-state index in [1.807, 2.05) is 12.1 Å². The molecule has 0 aliphatic rings. The molecule has 5 heteroatoms. The number of hydrogen-bond donors (Lipinski definition) is 1. The Morgan fingerprint density at radius 2 is 1.75 bits per heavy atom. The number of rotatable bonds is 5. The highest BCUT2D eigenvalue weighted by Crippen LogP contribution is 2.31. The fourth-order valence-corrected chi connectivity index (χ4v) is 1.71. The predicted molar refractivity (Wildman–Crippen MR) is 72.9 cm³/mol. The van der Waals surface area contributed by atoms with E-state index in [1.54, 1.807) is 19.2 Å². The fraction of sp³-hybridized carbons (Fsp3) is 0.200. The van der Waals surface area contributed by atoms with Crippen LogP contribution in [0.5, 0.6) is 11.5 Å². The third-order valence-corrected chi connectivity index (χ3v) is 2.82. The average Bonchev–Trinajstić information content (AvgIpc) is 2.47. The molecule has 0 bridgehead atoms. The number of methoxy groups -OCH3 is 1. The molecule has 3 nitrogen and oxygen atoms in total. The van der Waals surface area contributed by atoms with Gasteiger partial charge in [0.15, 0.2) is 11.6 Å². The second kappa shape index (κ2) is 6.34. The third kappa shape index (κ3) is 3.24. The highest BCUT2D eigenvalue weighted by atomic mass is 19.2. The lowest BCUT2D eigenvalue weighted by molar-refractivity contribution is 0.202. The Balaban J connectivity index is 2.16. The lowest BCUT2D eigenvalue weighted by Gasteiger charge is -2.10. The summed E-state index contributed by atoms with van der Waals surface area (Å²) in [4.78, 5) is 0. The molecule has 20 heavy (non-hydrogen) atoms. The number of halogens is 2. The van der Waals surface area contributed by atoms with Crippen LogP contribution in [0.25, 0.3) is 0 Å². The zero-order chi connectivity index (χ0) is 14.5. The maximum Gasteiger partial charge on any atom is 0.203 e. The van der Waals surface area contributed by atoms with Crippen LogP contribution < -0.4 is 10.5 Å². The monoisotopic (exact) mass is 279 g/mol. The van der Waals surface area contributed by atoms with Gasteiger partial charge in [0.05, 0.1) is 12.3 Å². The van der Waals surface area contributed by atoms with Crippen LogP contribution in [-0.2, 0) is 11.2 Å². The molecule has 0 saturated carbocycles. The first kappa shape index (κ1) is 14.3. The van der Waals surface area contributed by atoms with Gasteiger partial charge in [-0.3, -0.25) is 0 Å². The van der Waals surface area contributed by atoms with Crippen molar-refractivity contribution in [3.05, 3.63) is 53.6 Å². The SMILES string of the molecule is COCCc1ccc(Oc2c(N)ccc(F)c2F)cc1. The van der Waals surface area contributed by atoms with Gasteiger partial charge in [0, 0.05) is 7.11 Å². The Morgan fingerprint density at radius 1 is 1.05 bits per heavy atom. The smallest absolute Gasteiger partial charge is 0.203 e. The Labute approximate surface area is 115 Å². The number of anilines is 1. The van der Waals surface area contributed by atoms with Gasteiger partial charge in [-0.15, -0.1) is 0 Å². The van der Waals surface area contributed by atoms with Gasteiger partial charge in [0.1, 0.15) is 5.75 Å². The maximum absolute atomic E-state index is 13.6. The zero-order valence-electron chi connectivity index (χ0n) is 11.0. The molecular weight excluding hydrogens is 264 g/mol. The van der Waals surface area contributed by atoms with Crippen molar-refractivity contribution in [1.82, 2.24) is 0 Å². The number of hydrogen-bond acceptors (Lipinski definition) is 3. The summed E-state index contributed by atoms with van der Waals surface area (Å²) in [5, 5.41) is 0. The van der Waals surface area contributed by atoms with Crippen LogP contribution in [-0.4, -0.2) is 13.7 Å². The average molecular weight is 279 g/mol. The van der Waals surface area contributed by atoms with E-state index < -0.39 is 11.6 Å². The van der Waals surface area contributed by atoms with Gasteiger partial charge in [0.2, 0.25) is 5.82 Å². The molecule has 106 valence electrons. The summed E-state index contributed by atoms with van der Waals surface area (Å²) < 4.78 is 37.0. The normalized spacial score (nSPS) is 10.6. The van der Waals surface area contributed by atoms with Crippen LogP contribution in [0.3, 0.4) is 0 Å². The van der Waals surface area contributed by atoms with Crippen LogP contribution in [0, 0.1) is 11.6 Å². The summed E-state index contributed by atoms with van der Waals surface area (Å²) in [5.41, 5.74) is 6.70. The molecular formula is C15H15F2NO2. The molecule has 2 aromatic carbocycles. The number of benzene rings is 2. The van der Waals surface area contributed by atoms with E-state index in [4.69, 9.17) is 15.2 Å². The first-order chi connectivity index (χ1) is 9.61. The van der Waals surface area contributed by atoms with Gasteiger partial charge in [0.25, 0.3) is 0 Å². The van der Waals surface area contributed by atoms with E-state index in [2.05, 4.69) is 0 Å². The van der Waals surface area contributed by atoms with Gasteiger partial charge in [-0.25, -0.2) is 4.39 Å². The number of nitrogens with two attached hydrogens (primary N) is 1. The van der Waals surface area contributed by atoms with E-state index in [1.165, 1.54) is 6.07 Å². The van der Waals surface area contributed by atoms with E-state index in [-0.39, 0.29) is 11.4 Å². The molecule has 0 aliphatic carbocycles. The molecule has 0 aromatic heterocycles. The fourth-order valence-electron chi connectivity index (χ4n) is 1.71. The zero-order valence-corrected chi connectivity index (χ0v) is 11.0. The van der Waals surface area contributed by atoms with Gasteiger partial charge in [-0.2, -0.15) is 4.39 Å². The summed E-state index contributed by atoms with van der Waals surface area (Å²) in [6, 6.07) is 9.25. The molecule has 0 heterocycles. The quantitative estimate of drug-likeness (QED) is 0.851. The minimum absolute atomic E-state index is 0.0485. The maximum atomic E-state index is 13.6. The predicted octanol–water partition coefficient (Wildman–Crippen LogP) is 3.53. The molecule has 2 aromatic rings. The Kier molecular flexibility index (Phi) is 4.53. The lowest BCUT2D eigenvalue weighted by atomic mass is 10.1. The van der Waals surface area contributed by atoms with Crippen LogP contribution in [0.2, 0.25) is 0 Å². The van der Waals surface area contributed by atoms with Crippen molar-refractivity contribution >= 4 is 5.69 Å². The molecule has 0 radical (unpaired) electrons. The first-order valence-corrected chi connectivity index (χ1v) is 6.11. The number of nitrogen functional groups attached to an aromatic ring is 1. The van der Waals surface area contributed by atoms with Gasteiger partial charge in [-0.1, -0.05) is 12.1 Å². The van der Waals surface area contributed by atoms with Crippen LogP contribution >= 0.6 is 0 Å². The highest BCUT2D eigenvalue weighted by Gasteiger charge is 2.14. The summed E-state index contributed by atoms with van der Waals surface area (Å²) in [5.74, 6) is -1.99. The summed E-state index contributed by atoms with van der Waals surface area (Å²) >= 11 is 0. The molecule has 0 atom stereocenters. The van der Waals surface area contributed by atoms with E-state index in [9.17, 15) is 8.78 Å². The summed E-state index contributed by atoms with van der Waals surface area (Å²) in [6.45, 7) is 0.617. The standard InChI is InChI=1S/C15H15F2NO2/c1-19-9-8-10-2-4-11(5-3-10)20-15-13(18)7-6-12(16)14(15)17/h2-7H,8-9,18H2,1H3. The highest BCUT2D eigenvalue weighted by molar-refractivity contribution is 5.54. The Hall–Kier alpha value is -2.14. The second-order valence-corrected chi connectivity index (χ2v) is 4.27. The number of ether oxygens (including phenoxy) is 2. The second-order valence-electron chi connectivity index (χ2n) is 4.27. The molecule has 0 saturated heterocycles. The lowest BCUT2D eigenvalue weighted by Crippen LogP contribution is -1.98. The van der Waals surface area contributed by atoms with E-state index in [0.29, 0.717) is 12.4 Å². The van der Waals surface area contributed by atoms with Crippen molar-refractivity contribution in [2.45, 2.75) is 6.42 Å². The van der Waals surface area contributed by atoms with Crippen molar-refractivity contribution in [2.24, 2.45) is 0 Å². The minimum Gasteiger partial charge on any atom is -0.452 e. The van der Waals surface area contributed by atoms with Crippen molar-refractivity contribution < 1.29 is 18.3 Å². The Bertz CT molecular complexity index is 585. The molecule has 0 spiro atoms. The van der Waals surface area contributed by atoms with Crippen LogP contribution in [0.1, 0.15) is 5.56 Å². The molecule has 2 N–H and O–H groups in total. The molecule has 2 rings (SSSR count). The van der Waals surface area contributed by atoms with Crippen molar-refractivity contribution in [3.8, 4) is 11.5 Å². The van der Waals surface area contributed by atoms with Gasteiger partial charge in [-0.05, 0) is 36.2 Å². The molecule has 0 fully saturated rings. The Morgan fingerprint density at radius 3 is 2.40 bits per heavy atom. The van der Waals surface area contributed by atoms with Crippen LogP contribution in [0.15, 0.2) is 36.4 Å². The third-order valence-electron chi connectivity index (χ3n) is 2.82. The largest absolute Gasteiger partial charge is 0.452 e. The summed E-state index contributed by atoms with van der Waals surface area (Å²) in [7, 11) is 1.63. The molecule has 0 amide bonds.